The molecule has 72 valence electrons. The summed E-state index contributed by atoms with van der Waals surface area (Å²) in [6.45, 7) is 0. The van der Waals surface area contributed by atoms with E-state index in [0.717, 1.165) is 0 Å². The van der Waals surface area contributed by atoms with Crippen molar-refractivity contribution in [2.45, 2.75) is 0 Å². The van der Waals surface area contributed by atoms with Gasteiger partial charge in [-0.2, -0.15) is 5.26 Å². The number of nitriles is 1. The fourth-order valence-electron chi connectivity index (χ4n) is 0.993. The normalized spacial score (nSPS) is 8.93. The lowest BCUT2D eigenvalue weighted by atomic mass is 10.1. The SMILES string of the molecule is COC(=O)c1c(C#N)cncc1OC. The molecular weight excluding hydrogens is 184 g/mol. The van der Waals surface area contributed by atoms with Gasteiger partial charge in [0.25, 0.3) is 0 Å². The van der Waals surface area contributed by atoms with Crippen LogP contribution in [0.15, 0.2) is 12.4 Å². The number of ether oxygens (including phenoxy) is 2. The van der Waals surface area contributed by atoms with Gasteiger partial charge in [-0.25, -0.2) is 4.79 Å². The number of hydrogen-bond acceptors (Lipinski definition) is 5. The molecule has 0 aliphatic rings. The van der Waals surface area contributed by atoms with Crippen molar-refractivity contribution in [2.24, 2.45) is 0 Å². The van der Waals surface area contributed by atoms with Crippen molar-refractivity contribution >= 4 is 5.97 Å². The fraction of sp³-hybridized carbons (Fsp3) is 0.222. The van der Waals surface area contributed by atoms with Crippen LogP contribution in [-0.4, -0.2) is 25.2 Å². The molecule has 0 amide bonds. The minimum Gasteiger partial charge on any atom is -0.494 e. The molecule has 0 atom stereocenters. The number of methoxy groups -OCH3 is 2. The van der Waals surface area contributed by atoms with Crippen LogP contribution in [0.2, 0.25) is 0 Å². The zero-order valence-electron chi connectivity index (χ0n) is 7.77. The molecule has 0 N–H and O–H groups in total. The number of pyridine rings is 1. The molecule has 0 saturated heterocycles. The van der Waals surface area contributed by atoms with Crippen LogP contribution in [0.5, 0.6) is 5.75 Å². The van der Waals surface area contributed by atoms with Crippen LogP contribution >= 0.6 is 0 Å². The molecule has 0 saturated carbocycles. The van der Waals surface area contributed by atoms with Gasteiger partial charge in [-0.05, 0) is 0 Å². The van der Waals surface area contributed by atoms with Gasteiger partial charge in [0.1, 0.15) is 11.6 Å². The summed E-state index contributed by atoms with van der Waals surface area (Å²) in [6, 6.07) is 1.84. The second kappa shape index (κ2) is 4.23. The second-order valence-corrected chi connectivity index (χ2v) is 2.37. The summed E-state index contributed by atoms with van der Waals surface area (Å²) >= 11 is 0. The van der Waals surface area contributed by atoms with E-state index in [1.807, 2.05) is 6.07 Å². The summed E-state index contributed by atoms with van der Waals surface area (Å²) < 4.78 is 9.42. The molecule has 0 fully saturated rings. The fourth-order valence-corrected chi connectivity index (χ4v) is 0.993. The molecule has 5 nitrogen and oxygen atoms in total. The molecule has 0 radical (unpaired) electrons. The Morgan fingerprint density at radius 3 is 2.71 bits per heavy atom. The van der Waals surface area contributed by atoms with E-state index in [2.05, 4.69) is 9.72 Å². The van der Waals surface area contributed by atoms with Crippen LogP contribution in [0.3, 0.4) is 0 Å². The van der Waals surface area contributed by atoms with E-state index in [9.17, 15) is 4.79 Å². The van der Waals surface area contributed by atoms with Crippen molar-refractivity contribution in [1.29, 1.82) is 5.26 Å². The Morgan fingerprint density at radius 2 is 2.21 bits per heavy atom. The van der Waals surface area contributed by atoms with Crippen LogP contribution in [-0.2, 0) is 4.74 Å². The third-order valence-corrected chi connectivity index (χ3v) is 1.64. The van der Waals surface area contributed by atoms with Crippen LogP contribution in [0.1, 0.15) is 15.9 Å². The Labute approximate surface area is 80.9 Å². The van der Waals surface area contributed by atoms with E-state index < -0.39 is 5.97 Å². The Balaban J connectivity index is 3.35. The van der Waals surface area contributed by atoms with Crippen LogP contribution in [0, 0.1) is 11.3 Å². The van der Waals surface area contributed by atoms with Gasteiger partial charge in [0.2, 0.25) is 0 Å². The van der Waals surface area contributed by atoms with Gasteiger partial charge >= 0.3 is 5.97 Å². The first-order valence-corrected chi connectivity index (χ1v) is 3.75. The quantitative estimate of drug-likeness (QED) is 0.646. The van der Waals surface area contributed by atoms with Gasteiger partial charge in [-0.1, -0.05) is 0 Å². The number of esters is 1. The molecule has 1 heterocycles. The van der Waals surface area contributed by atoms with Gasteiger partial charge in [0.05, 0.1) is 26.0 Å². The van der Waals surface area contributed by atoms with Gasteiger partial charge < -0.3 is 9.47 Å². The second-order valence-electron chi connectivity index (χ2n) is 2.37. The topological polar surface area (TPSA) is 72.2 Å². The molecule has 0 aromatic carbocycles. The monoisotopic (exact) mass is 192 g/mol. The van der Waals surface area contributed by atoms with E-state index in [0.29, 0.717) is 0 Å². The van der Waals surface area contributed by atoms with Gasteiger partial charge in [0, 0.05) is 6.20 Å². The van der Waals surface area contributed by atoms with E-state index in [1.54, 1.807) is 0 Å². The molecule has 1 aromatic rings. The smallest absolute Gasteiger partial charge is 0.343 e. The molecule has 5 heteroatoms. The summed E-state index contributed by atoms with van der Waals surface area (Å²) in [6.07, 6.45) is 2.64. The van der Waals surface area contributed by atoms with Gasteiger partial charge in [0.15, 0.2) is 5.75 Å². The first-order chi connectivity index (χ1) is 6.74. The third-order valence-electron chi connectivity index (χ3n) is 1.64. The van der Waals surface area contributed by atoms with Crippen LogP contribution < -0.4 is 4.74 Å². The molecule has 1 aromatic heterocycles. The Kier molecular flexibility index (Phi) is 3.02. The average Bonchev–Trinajstić information content (AvgIpc) is 2.26. The predicted molar refractivity (Wildman–Crippen MR) is 46.8 cm³/mol. The molecule has 0 aliphatic carbocycles. The van der Waals surface area contributed by atoms with Crippen molar-refractivity contribution in [1.82, 2.24) is 4.98 Å². The Bertz CT molecular complexity index is 396. The molecule has 0 bridgehead atoms. The largest absolute Gasteiger partial charge is 0.494 e. The maximum absolute atomic E-state index is 11.3. The Morgan fingerprint density at radius 1 is 1.50 bits per heavy atom. The summed E-state index contributed by atoms with van der Waals surface area (Å²) in [7, 11) is 2.63. The summed E-state index contributed by atoms with van der Waals surface area (Å²) in [5.74, 6) is -0.378. The maximum atomic E-state index is 11.3. The lowest BCUT2D eigenvalue weighted by molar-refractivity contribution is 0.0596. The standard InChI is InChI=1S/C9H8N2O3/c1-13-7-5-11-4-6(3-10)8(7)9(12)14-2/h4-5H,1-2H3. The van der Waals surface area contributed by atoms with Crippen molar-refractivity contribution in [3.63, 3.8) is 0 Å². The van der Waals surface area contributed by atoms with Crippen LogP contribution in [0.25, 0.3) is 0 Å². The number of carbonyl (C=O) groups is 1. The molecule has 0 spiro atoms. The first-order valence-electron chi connectivity index (χ1n) is 3.75. The van der Waals surface area contributed by atoms with E-state index in [1.165, 1.54) is 26.6 Å². The molecule has 14 heavy (non-hydrogen) atoms. The van der Waals surface area contributed by atoms with Crippen LogP contribution in [0.4, 0.5) is 0 Å². The maximum Gasteiger partial charge on any atom is 0.343 e. The highest BCUT2D eigenvalue weighted by atomic mass is 16.5. The van der Waals surface area contributed by atoms with E-state index in [-0.39, 0.29) is 16.9 Å². The summed E-state index contributed by atoms with van der Waals surface area (Å²) in [4.78, 5) is 15.0. The lowest BCUT2D eigenvalue weighted by Crippen LogP contribution is -2.07. The highest BCUT2D eigenvalue weighted by molar-refractivity contribution is 5.94. The average molecular weight is 192 g/mol. The number of rotatable bonds is 2. The van der Waals surface area contributed by atoms with E-state index >= 15 is 0 Å². The zero-order chi connectivity index (χ0) is 10.6. The Hall–Kier alpha value is -2.09. The summed E-state index contributed by atoms with van der Waals surface area (Å²) in [5, 5.41) is 8.73. The summed E-state index contributed by atoms with van der Waals surface area (Å²) in [5.41, 5.74) is 0.240. The van der Waals surface area contributed by atoms with E-state index in [4.69, 9.17) is 10.00 Å². The minimum absolute atomic E-state index is 0.104. The lowest BCUT2D eigenvalue weighted by Gasteiger charge is -2.06. The van der Waals surface area contributed by atoms with Crippen molar-refractivity contribution in [3.8, 4) is 11.8 Å². The molecule has 0 unspecified atom stereocenters. The molecule has 0 aliphatic heterocycles. The predicted octanol–water partition coefficient (Wildman–Crippen LogP) is 0.748. The van der Waals surface area contributed by atoms with Crippen molar-refractivity contribution in [2.75, 3.05) is 14.2 Å². The van der Waals surface area contributed by atoms with Gasteiger partial charge in [-0.3, -0.25) is 4.98 Å². The number of hydrogen-bond donors (Lipinski definition) is 0. The third kappa shape index (κ3) is 1.64. The van der Waals surface area contributed by atoms with Crippen molar-refractivity contribution in [3.05, 3.63) is 23.5 Å². The number of aromatic nitrogens is 1. The highest BCUT2D eigenvalue weighted by Crippen LogP contribution is 2.20. The first kappa shape index (κ1) is 9.99. The minimum atomic E-state index is -0.610. The highest BCUT2D eigenvalue weighted by Gasteiger charge is 2.17. The molecule has 1 rings (SSSR count). The number of carbonyl (C=O) groups excluding carboxylic acids is 1. The van der Waals surface area contributed by atoms with Gasteiger partial charge in [-0.15, -0.1) is 0 Å². The zero-order valence-corrected chi connectivity index (χ0v) is 7.77. The van der Waals surface area contributed by atoms with Crippen molar-refractivity contribution < 1.29 is 14.3 Å². The number of nitrogens with zero attached hydrogens (tertiary/aromatic N) is 2. The molecular formula is C9H8N2O3.